The number of carbonyl (C=O) groups excluding carboxylic acids is 1. The Balaban J connectivity index is 2.17. The predicted octanol–water partition coefficient (Wildman–Crippen LogP) is 2.33. The number of anilines is 1. The predicted molar refractivity (Wildman–Crippen MR) is 82.2 cm³/mol. The smallest absolute Gasteiger partial charge is 0.243 e. The van der Waals surface area contributed by atoms with Gasteiger partial charge < -0.3 is 15.8 Å². The van der Waals surface area contributed by atoms with Gasteiger partial charge in [-0.05, 0) is 18.2 Å². The summed E-state index contributed by atoms with van der Waals surface area (Å²) in [5, 5.41) is 3.89. The summed E-state index contributed by atoms with van der Waals surface area (Å²) in [6.07, 6.45) is 0. The third-order valence-corrected chi connectivity index (χ3v) is 4.17. The van der Waals surface area contributed by atoms with E-state index in [1.165, 1.54) is 7.11 Å². The summed E-state index contributed by atoms with van der Waals surface area (Å²) in [6.45, 7) is 4.43. The van der Waals surface area contributed by atoms with Crippen LogP contribution in [0.25, 0.3) is 10.2 Å². The SMILES string of the molecule is COCC(N)C(=O)Nc1ccc2nc(C(C)C)sc2c1. The molecule has 0 fully saturated rings. The van der Waals surface area contributed by atoms with Gasteiger partial charge in [-0.1, -0.05) is 13.8 Å². The van der Waals surface area contributed by atoms with Crippen molar-refractivity contribution in [2.24, 2.45) is 5.73 Å². The summed E-state index contributed by atoms with van der Waals surface area (Å²) in [4.78, 5) is 16.4. The maximum Gasteiger partial charge on any atom is 0.243 e. The molecule has 0 aliphatic heterocycles. The Kier molecular flexibility index (Phi) is 4.69. The molecule has 0 radical (unpaired) electrons. The number of hydrogen-bond donors (Lipinski definition) is 2. The third kappa shape index (κ3) is 3.33. The molecule has 3 N–H and O–H groups in total. The highest BCUT2D eigenvalue weighted by Crippen LogP contribution is 2.29. The first-order valence-corrected chi connectivity index (χ1v) is 7.28. The van der Waals surface area contributed by atoms with Crippen LogP contribution in [-0.2, 0) is 9.53 Å². The van der Waals surface area contributed by atoms with Crippen molar-refractivity contribution in [1.29, 1.82) is 0 Å². The lowest BCUT2D eigenvalue weighted by molar-refractivity contribution is -0.118. The molecule has 0 aliphatic carbocycles. The molecule has 0 bridgehead atoms. The number of rotatable bonds is 5. The van der Waals surface area contributed by atoms with Crippen LogP contribution in [0.1, 0.15) is 24.8 Å². The first-order chi connectivity index (χ1) is 9.51. The Morgan fingerprint density at radius 2 is 2.25 bits per heavy atom. The van der Waals surface area contributed by atoms with E-state index in [0.29, 0.717) is 5.92 Å². The van der Waals surface area contributed by atoms with Gasteiger partial charge in [0, 0.05) is 18.7 Å². The van der Waals surface area contributed by atoms with Crippen molar-refractivity contribution in [1.82, 2.24) is 4.98 Å². The van der Waals surface area contributed by atoms with Gasteiger partial charge >= 0.3 is 0 Å². The number of thiazole rings is 1. The maximum absolute atomic E-state index is 11.8. The fourth-order valence-electron chi connectivity index (χ4n) is 1.76. The molecular weight excluding hydrogens is 274 g/mol. The molecule has 1 heterocycles. The van der Waals surface area contributed by atoms with E-state index in [2.05, 4.69) is 24.1 Å². The van der Waals surface area contributed by atoms with Gasteiger partial charge in [0.25, 0.3) is 0 Å². The molecule has 2 aromatic rings. The summed E-state index contributed by atoms with van der Waals surface area (Å²) in [5.74, 6) is 0.153. The molecule has 0 saturated heterocycles. The highest BCUT2D eigenvalue weighted by molar-refractivity contribution is 7.18. The molecule has 1 amide bonds. The number of aromatic nitrogens is 1. The second kappa shape index (κ2) is 6.30. The van der Waals surface area contributed by atoms with Crippen molar-refractivity contribution in [3.8, 4) is 0 Å². The molecule has 0 saturated carbocycles. The third-order valence-electron chi connectivity index (χ3n) is 2.85. The van der Waals surface area contributed by atoms with Gasteiger partial charge in [-0.2, -0.15) is 0 Å². The van der Waals surface area contributed by atoms with E-state index in [1.54, 1.807) is 11.3 Å². The molecule has 0 aliphatic rings. The van der Waals surface area contributed by atoms with Gasteiger partial charge in [0.15, 0.2) is 0 Å². The Bertz CT molecular complexity index is 609. The molecular formula is C14H19N3O2S. The van der Waals surface area contributed by atoms with Crippen LogP contribution in [0, 0.1) is 0 Å². The maximum atomic E-state index is 11.8. The zero-order valence-corrected chi connectivity index (χ0v) is 12.7. The minimum atomic E-state index is -0.664. The fourth-order valence-corrected chi connectivity index (χ4v) is 2.77. The number of benzene rings is 1. The van der Waals surface area contributed by atoms with E-state index in [0.717, 1.165) is 20.9 Å². The normalized spacial score (nSPS) is 12.8. The van der Waals surface area contributed by atoms with Crippen LogP contribution >= 0.6 is 11.3 Å². The minimum Gasteiger partial charge on any atom is -0.383 e. The molecule has 108 valence electrons. The van der Waals surface area contributed by atoms with Gasteiger partial charge in [0.2, 0.25) is 5.91 Å². The molecule has 6 heteroatoms. The standard InChI is InChI=1S/C14H19N3O2S/c1-8(2)14-17-11-5-4-9(6-12(11)20-14)16-13(18)10(15)7-19-3/h4-6,8,10H,7,15H2,1-3H3,(H,16,18). The van der Waals surface area contributed by atoms with Crippen LogP contribution < -0.4 is 11.1 Å². The second-order valence-corrected chi connectivity index (χ2v) is 6.00. The molecule has 1 unspecified atom stereocenters. The first-order valence-electron chi connectivity index (χ1n) is 6.47. The van der Waals surface area contributed by atoms with Crippen LogP contribution in [0.3, 0.4) is 0 Å². The van der Waals surface area contributed by atoms with Gasteiger partial charge in [-0.3, -0.25) is 4.79 Å². The van der Waals surface area contributed by atoms with Crippen LogP contribution in [0.4, 0.5) is 5.69 Å². The number of amides is 1. The van der Waals surface area contributed by atoms with Gasteiger partial charge in [-0.25, -0.2) is 4.98 Å². The van der Waals surface area contributed by atoms with Crippen molar-refractivity contribution in [3.05, 3.63) is 23.2 Å². The van der Waals surface area contributed by atoms with Crippen molar-refractivity contribution in [2.45, 2.75) is 25.8 Å². The lowest BCUT2D eigenvalue weighted by atomic mass is 10.2. The molecule has 1 atom stereocenters. The van der Waals surface area contributed by atoms with Crippen LogP contribution in [0.15, 0.2) is 18.2 Å². The number of carbonyl (C=O) groups is 1. The van der Waals surface area contributed by atoms with E-state index in [1.807, 2.05) is 18.2 Å². The van der Waals surface area contributed by atoms with Crippen molar-refractivity contribution < 1.29 is 9.53 Å². The zero-order chi connectivity index (χ0) is 14.7. The lowest BCUT2D eigenvalue weighted by Gasteiger charge is -2.10. The highest BCUT2D eigenvalue weighted by Gasteiger charge is 2.14. The first kappa shape index (κ1) is 14.9. The number of nitrogens with one attached hydrogen (secondary N) is 1. The Labute approximate surface area is 122 Å². The van der Waals surface area contributed by atoms with Crippen LogP contribution in [-0.4, -0.2) is 30.6 Å². The van der Waals surface area contributed by atoms with E-state index < -0.39 is 6.04 Å². The van der Waals surface area contributed by atoms with E-state index in [-0.39, 0.29) is 12.5 Å². The largest absolute Gasteiger partial charge is 0.383 e. The van der Waals surface area contributed by atoms with E-state index in [9.17, 15) is 4.79 Å². The van der Waals surface area contributed by atoms with Gasteiger partial charge in [0.1, 0.15) is 6.04 Å². The summed E-state index contributed by atoms with van der Waals surface area (Å²) in [7, 11) is 1.52. The Morgan fingerprint density at radius 3 is 2.90 bits per heavy atom. The molecule has 1 aromatic carbocycles. The van der Waals surface area contributed by atoms with Gasteiger partial charge in [0.05, 0.1) is 21.8 Å². The summed E-state index contributed by atoms with van der Waals surface area (Å²) in [6, 6.07) is 5.01. The van der Waals surface area contributed by atoms with Crippen molar-refractivity contribution in [3.63, 3.8) is 0 Å². The summed E-state index contributed by atoms with van der Waals surface area (Å²) >= 11 is 1.65. The Hall–Kier alpha value is -1.50. The monoisotopic (exact) mass is 293 g/mol. The number of nitrogens with two attached hydrogens (primary N) is 1. The van der Waals surface area contributed by atoms with Crippen molar-refractivity contribution in [2.75, 3.05) is 19.0 Å². The highest BCUT2D eigenvalue weighted by atomic mass is 32.1. The Morgan fingerprint density at radius 1 is 1.50 bits per heavy atom. The molecule has 0 spiro atoms. The van der Waals surface area contributed by atoms with E-state index >= 15 is 0 Å². The topological polar surface area (TPSA) is 77.2 Å². The average Bonchev–Trinajstić information content (AvgIpc) is 2.82. The average molecular weight is 293 g/mol. The molecule has 1 aromatic heterocycles. The number of ether oxygens (including phenoxy) is 1. The number of nitrogens with zero attached hydrogens (tertiary/aromatic N) is 1. The van der Waals surface area contributed by atoms with Gasteiger partial charge in [-0.15, -0.1) is 11.3 Å². The number of fused-ring (bicyclic) bond motifs is 1. The van der Waals surface area contributed by atoms with Crippen LogP contribution in [0.2, 0.25) is 0 Å². The number of methoxy groups -OCH3 is 1. The lowest BCUT2D eigenvalue weighted by Crippen LogP contribution is -2.39. The number of hydrogen-bond acceptors (Lipinski definition) is 5. The summed E-state index contributed by atoms with van der Waals surface area (Å²) in [5.41, 5.74) is 7.37. The molecule has 2 rings (SSSR count). The van der Waals surface area contributed by atoms with Crippen LogP contribution in [0.5, 0.6) is 0 Å². The minimum absolute atomic E-state index is 0.201. The van der Waals surface area contributed by atoms with Crippen molar-refractivity contribution >= 4 is 33.1 Å². The molecule has 5 nitrogen and oxygen atoms in total. The quantitative estimate of drug-likeness (QED) is 0.887. The molecule has 20 heavy (non-hydrogen) atoms. The fraction of sp³-hybridized carbons (Fsp3) is 0.429. The summed E-state index contributed by atoms with van der Waals surface area (Å²) < 4.78 is 5.93. The van der Waals surface area contributed by atoms with E-state index in [4.69, 9.17) is 10.5 Å². The second-order valence-electron chi connectivity index (χ2n) is 4.94. The zero-order valence-electron chi connectivity index (χ0n) is 11.8.